The van der Waals surface area contributed by atoms with Crippen LogP contribution in [0.25, 0.3) is 0 Å². The molecule has 0 bridgehead atoms. The fraction of sp³-hybridized carbons (Fsp3) is 1.00. The molecule has 0 saturated carbocycles. The largest absolute Gasteiger partial charge is 1.00 e. The number of hydrogen-bond donors (Lipinski definition) is 1. The van der Waals surface area contributed by atoms with Crippen molar-refractivity contribution < 1.29 is 26.6 Å². The van der Waals surface area contributed by atoms with Crippen LogP contribution in [0.4, 0.5) is 0 Å². The average molecular weight is 338 g/mol. The molecule has 0 aliphatic heterocycles. The average Bonchev–Trinajstić information content (AvgIpc) is 2.40. The van der Waals surface area contributed by atoms with E-state index in [9.17, 15) is 0 Å². The minimum absolute atomic E-state index is 0. The summed E-state index contributed by atoms with van der Waals surface area (Å²) >= 11 is 0. The maximum Gasteiger partial charge on any atom is 0.0808 e. The molecule has 0 radical (unpaired) electrons. The van der Waals surface area contributed by atoms with Crippen LogP contribution in [-0.2, 0) is 0 Å². The number of unbranched alkanes of at least 4 members (excludes halogenated alkanes) is 4. The van der Waals surface area contributed by atoms with E-state index < -0.39 is 0 Å². The van der Waals surface area contributed by atoms with Crippen molar-refractivity contribution >= 4 is 0 Å². The van der Waals surface area contributed by atoms with E-state index in [1.54, 1.807) is 0 Å². The van der Waals surface area contributed by atoms with Crippen LogP contribution in [0, 0.1) is 0 Å². The van der Waals surface area contributed by atoms with Crippen molar-refractivity contribution in [3.63, 3.8) is 0 Å². The summed E-state index contributed by atoms with van der Waals surface area (Å²) in [5, 5.41) is 9.14. The highest BCUT2D eigenvalue weighted by atomic mass is 79.9. The van der Waals surface area contributed by atoms with E-state index in [4.69, 9.17) is 5.11 Å². The summed E-state index contributed by atoms with van der Waals surface area (Å²) in [6.45, 7) is 12.3. The highest BCUT2D eigenvalue weighted by molar-refractivity contribution is 4.50. The smallest absolute Gasteiger partial charge is 0.0808 e. The molecule has 3 heteroatoms. The first-order chi connectivity index (χ1) is 8.74. The monoisotopic (exact) mass is 337 g/mol. The molecule has 118 valence electrons. The topological polar surface area (TPSA) is 20.2 Å². The Morgan fingerprint density at radius 3 is 1.47 bits per heavy atom. The lowest BCUT2D eigenvalue weighted by atomic mass is 10.1. The van der Waals surface area contributed by atoms with Gasteiger partial charge in [0.05, 0.1) is 26.2 Å². The van der Waals surface area contributed by atoms with Crippen molar-refractivity contribution in [1.82, 2.24) is 0 Å². The van der Waals surface area contributed by atoms with Crippen LogP contribution in [0.2, 0.25) is 0 Å². The summed E-state index contributed by atoms with van der Waals surface area (Å²) < 4.78 is 1.27. The van der Waals surface area contributed by atoms with Crippen LogP contribution in [0.1, 0.15) is 72.1 Å². The summed E-state index contributed by atoms with van der Waals surface area (Å²) in [5.41, 5.74) is 0. The first-order valence-corrected chi connectivity index (χ1v) is 8.20. The molecule has 0 unspecified atom stereocenters. The second kappa shape index (κ2) is 14.8. The van der Waals surface area contributed by atoms with Crippen molar-refractivity contribution in [2.24, 2.45) is 0 Å². The van der Waals surface area contributed by atoms with Gasteiger partial charge in [-0.05, 0) is 25.7 Å². The third-order valence-electron chi connectivity index (χ3n) is 4.00. The van der Waals surface area contributed by atoms with Gasteiger partial charge in [-0.15, -0.1) is 0 Å². The zero-order chi connectivity index (χ0) is 13.7. The Bertz CT molecular complexity index is 154. The maximum atomic E-state index is 9.14. The molecule has 2 nitrogen and oxygen atoms in total. The van der Waals surface area contributed by atoms with Gasteiger partial charge in [0.2, 0.25) is 0 Å². The van der Waals surface area contributed by atoms with Gasteiger partial charge in [-0.3, -0.25) is 0 Å². The molecule has 0 aromatic heterocycles. The third-order valence-corrected chi connectivity index (χ3v) is 4.00. The van der Waals surface area contributed by atoms with E-state index in [1.165, 1.54) is 75.6 Å². The zero-order valence-corrected chi connectivity index (χ0v) is 15.1. The van der Waals surface area contributed by atoms with Gasteiger partial charge in [-0.25, -0.2) is 0 Å². The summed E-state index contributed by atoms with van der Waals surface area (Å²) in [6, 6.07) is 0. The minimum Gasteiger partial charge on any atom is -1.00 e. The fourth-order valence-electron chi connectivity index (χ4n) is 2.76. The Balaban J connectivity index is 0. The fourth-order valence-corrected chi connectivity index (χ4v) is 2.76. The van der Waals surface area contributed by atoms with Gasteiger partial charge < -0.3 is 26.6 Å². The first-order valence-electron chi connectivity index (χ1n) is 8.20. The summed E-state index contributed by atoms with van der Waals surface area (Å²) in [4.78, 5) is 0. The molecule has 0 amide bonds. The van der Waals surface area contributed by atoms with E-state index in [0.29, 0.717) is 6.61 Å². The number of halogens is 1. The lowest BCUT2D eigenvalue weighted by molar-refractivity contribution is -0.929. The Labute approximate surface area is 131 Å². The number of aliphatic hydroxyl groups is 1. The molecule has 1 N–H and O–H groups in total. The quantitative estimate of drug-likeness (QED) is 0.392. The Morgan fingerprint density at radius 2 is 1.05 bits per heavy atom. The molecule has 0 aliphatic rings. The number of hydrogen-bond acceptors (Lipinski definition) is 1. The molecular weight excluding hydrogens is 302 g/mol. The Morgan fingerprint density at radius 1 is 0.632 bits per heavy atom. The van der Waals surface area contributed by atoms with Crippen LogP contribution in [0.5, 0.6) is 0 Å². The lowest BCUT2D eigenvalue weighted by Gasteiger charge is -2.39. The molecule has 19 heavy (non-hydrogen) atoms. The number of aliphatic hydroxyl groups excluding tert-OH is 1. The SMILES string of the molecule is CCCCC[N+](CCCC)(CCCC)CCCO.[Br-]. The zero-order valence-electron chi connectivity index (χ0n) is 13.5. The van der Waals surface area contributed by atoms with Crippen molar-refractivity contribution in [3.05, 3.63) is 0 Å². The molecule has 0 atom stereocenters. The van der Waals surface area contributed by atoms with Crippen LogP contribution in [0.3, 0.4) is 0 Å². The van der Waals surface area contributed by atoms with Gasteiger partial charge in [-0.1, -0.05) is 40.0 Å². The number of rotatable bonds is 13. The van der Waals surface area contributed by atoms with E-state index in [2.05, 4.69) is 20.8 Å². The predicted molar refractivity (Wildman–Crippen MR) is 80.8 cm³/mol. The molecule has 0 aliphatic carbocycles. The summed E-state index contributed by atoms with van der Waals surface area (Å²) in [6.07, 6.45) is 10.2. The van der Waals surface area contributed by atoms with Gasteiger partial charge in [0.25, 0.3) is 0 Å². The van der Waals surface area contributed by atoms with Crippen LogP contribution < -0.4 is 17.0 Å². The summed E-state index contributed by atoms with van der Waals surface area (Å²) in [5.74, 6) is 0. The highest BCUT2D eigenvalue weighted by Crippen LogP contribution is 2.16. The summed E-state index contributed by atoms with van der Waals surface area (Å²) in [7, 11) is 0. The molecule has 0 rings (SSSR count). The molecule has 0 saturated heterocycles. The molecule has 0 fully saturated rings. The van der Waals surface area contributed by atoms with E-state index in [1.807, 2.05) is 0 Å². The molecule has 0 spiro atoms. The predicted octanol–water partition coefficient (Wildman–Crippen LogP) is 0.980. The van der Waals surface area contributed by atoms with Crippen molar-refractivity contribution in [3.8, 4) is 0 Å². The highest BCUT2D eigenvalue weighted by Gasteiger charge is 2.24. The third kappa shape index (κ3) is 10.8. The van der Waals surface area contributed by atoms with Crippen molar-refractivity contribution in [2.75, 3.05) is 32.8 Å². The van der Waals surface area contributed by atoms with Crippen LogP contribution in [0.15, 0.2) is 0 Å². The lowest BCUT2D eigenvalue weighted by Crippen LogP contribution is -3.00. The Kier molecular flexibility index (Phi) is 16.9. The van der Waals surface area contributed by atoms with E-state index >= 15 is 0 Å². The van der Waals surface area contributed by atoms with Crippen LogP contribution in [-0.4, -0.2) is 42.4 Å². The first kappa shape index (κ1) is 21.7. The molecule has 0 aromatic rings. The van der Waals surface area contributed by atoms with Gasteiger partial charge in [-0.2, -0.15) is 0 Å². The van der Waals surface area contributed by atoms with Crippen molar-refractivity contribution in [1.29, 1.82) is 0 Å². The van der Waals surface area contributed by atoms with Crippen molar-refractivity contribution in [2.45, 2.75) is 72.1 Å². The normalized spacial score (nSPS) is 11.4. The van der Waals surface area contributed by atoms with E-state index in [-0.39, 0.29) is 17.0 Å². The second-order valence-electron chi connectivity index (χ2n) is 5.73. The van der Waals surface area contributed by atoms with Gasteiger partial charge in [0, 0.05) is 13.0 Å². The van der Waals surface area contributed by atoms with Gasteiger partial charge in [0.1, 0.15) is 0 Å². The molecular formula is C16H36BrNO. The maximum absolute atomic E-state index is 9.14. The Hall–Kier alpha value is 0.400. The number of nitrogens with zero attached hydrogens (tertiary/aromatic N) is 1. The number of quaternary nitrogens is 1. The minimum atomic E-state index is 0. The standard InChI is InChI=1S/C16H36NO.BrH/c1-4-7-10-14-17(12-8-5-2,13-9-6-3)15-11-16-18;/h18H,4-16H2,1-3H3;1H/q+1;/p-1. The van der Waals surface area contributed by atoms with Gasteiger partial charge in [0.15, 0.2) is 0 Å². The second-order valence-corrected chi connectivity index (χ2v) is 5.73. The molecule has 0 heterocycles. The van der Waals surface area contributed by atoms with Crippen LogP contribution >= 0.6 is 0 Å². The van der Waals surface area contributed by atoms with E-state index in [0.717, 1.165) is 6.42 Å². The van der Waals surface area contributed by atoms with Gasteiger partial charge >= 0.3 is 0 Å². The molecule has 0 aromatic carbocycles.